The van der Waals surface area contributed by atoms with Crippen molar-refractivity contribution < 1.29 is 9.53 Å². The number of unbranched alkanes of at least 4 members (excludes halogenated alkanes) is 1. The zero-order chi connectivity index (χ0) is 14.8. The van der Waals surface area contributed by atoms with Crippen LogP contribution in [0.3, 0.4) is 0 Å². The Morgan fingerprint density at radius 2 is 2.35 bits per heavy atom. The van der Waals surface area contributed by atoms with Crippen molar-refractivity contribution in [2.24, 2.45) is 5.73 Å². The minimum atomic E-state index is -0.486. The van der Waals surface area contributed by atoms with Crippen LogP contribution in [-0.2, 0) is 4.79 Å². The summed E-state index contributed by atoms with van der Waals surface area (Å²) in [6, 6.07) is 8.74. The van der Waals surface area contributed by atoms with Gasteiger partial charge in [0, 0.05) is 18.2 Å². The molecule has 0 saturated carbocycles. The van der Waals surface area contributed by atoms with Crippen LogP contribution in [0, 0.1) is 11.3 Å². The minimum Gasteiger partial charge on any atom is -0.493 e. The van der Waals surface area contributed by atoms with Gasteiger partial charge in [-0.2, -0.15) is 5.26 Å². The van der Waals surface area contributed by atoms with Crippen LogP contribution in [0.5, 0.6) is 5.75 Å². The van der Waals surface area contributed by atoms with Gasteiger partial charge in [-0.3, -0.25) is 4.79 Å². The zero-order valence-electron chi connectivity index (χ0n) is 11.8. The summed E-state index contributed by atoms with van der Waals surface area (Å²) in [5.41, 5.74) is 6.42. The molecule has 5 nitrogen and oxygen atoms in total. The van der Waals surface area contributed by atoms with Crippen LogP contribution in [0.15, 0.2) is 24.3 Å². The van der Waals surface area contributed by atoms with Crippen molar-refractivity contribution >= 4 is 11.6 Å². The van der Waals surface area contributed by atoms with Gasteiger partial charge in [-0.25, -0.2) is 0 Å². The first-order valence-electron chi connectivity index (χ1n) is 6.83. The summed E-state index contributed by atoms with van der Waals surface area (Å²) in [6.45, 7) is 2.48. The highest BCUT2D eigenvalue weighted by Gasteiger charge is 2.12. The number of hydrogen-bond acceptors (Lipinski definition) is 4. The van der Waals surface area contributed by atoms with Crippen molar-refractivity contribution in [2.75, 3.05) is 11.9 Å². The SMILES string of the molecule is CCC[C@@H](N)C(=O)Nc1cccc(OCCCC#N)c1. The molecular formula is C15H21N3O2. The first-order valence-corrected chi connectivity index (χ1v) is 6.83. The number of ether oxygens (including phenoxy) is 1. The van der Waals surface area contributed by atoms with Gasteiger partial charge in [-0.05, 0) is 25.0 Å². The Labute approximate surface area is 119 Å². The Morgan fingerprint density at radius 1 is 1.55 bits per heavy atom. The van der Waals surface area contributed by atoms with Crippen molar-refractivity contribution in [2.45, 2.75) is 38.6 Å². The molecular weight excluding hydrogens is 254 g/mol. The largest absolute Gasteiger partial charge is 0.493 e. The Hall–Kier alpha value is -2.06. The average molecular weight is 275 g/mol. The number of hydrogen-bond donors (Lipinski definition) is 2. The van der Waals surface area contributed by atoms with Crippen molar-refractivity contribution in [1.82, 2.24) is 0 Å². The number of nitriles is 1. The second-order valence-electron chi connectivity index (χ2n) is 4.52. The first kappa shape index (κ1) is 16.0. The van der Waals surface area contributed by atoms with Crippen molar-refractivity contribution in [1.29, 1.82) is 5.26 Å². The van der Waals surface area contributed by atoms with Gasteiger partial charge in [0.1, 0.15) is 5.75 Å². The predicted molar refractivity (Wildman–Crippen MR) is 78.3 cm³/mol. The van der Waals surface area contributed by atoms with E-state index in [2.05, 4.69) is 11.4 Å². The van der Waals surface area contributed by atoms with E-state index in [1.165, 1.54) is 0 Å². The number of rotatable bonds is 8. The van der Waals surface area contributed by atoms with Gasteiger partial charge in [0.15, 0.2) is 0 Å². The van der Waals surface area contributed by atoms with E-state index in [1.54, 1.807) is 18.2 Å². The fourth-order valence-electron chi connectivity index (χ4n) is 1.68. The maximum Gasteiger partial charge on any atom is 0.241 e. The molecule has 5 heteroatoms. The number of nitrogens with one attached hydrogen (secondary N) is 1. The van der Waals surface area contributed by atoms with Gasteiger partial charge in [0.25, 0.3) is 0 Å². The Kier molecular flexibility index (Phi) is 7.15. The quantitative estimate of drug-likeness (QED) is 0.713. The third kappa shape index (κ3) is 5.72. The van der Waals surface area contributed by atoms with E-state index in [4.69, 9.17) is 15.7 Å². The number of nitrogens with two attached hydrogens (primary N) is 1. The average Bonchev–Trinajstić information content (AvgIpc) is 2.44. The Balaban J connectivity index is 2.51. The van der Waals surface area contributed by atoms with Gasteiger partial charge < -0.3 is 15.8 Å². The summed E-state index contributed by atoms with van der Waals surface area (Å²) in [5.74, 6) is 0.485. The molecule has 0 saturated heterocycles. The molecule has 0 radical (unpaired) electrons. The number of benzene rings is 1. The molecule has 1 atom stereocenters. The number of carbonyl (C=O) groups is 1. The number of anilines is 1. The topological polar surface area (TPSA) is 88.1 Å². The standard InChI is InChI=1S/C15H21N3O2/c1-2-6-14(17)15(19)18-12-7-5-8-13(11-12)20-10-4-3-9-16/h5,7-8,11,14H,2-4,6,10,17H2,1H3,(H,18,19)/t14-/m1/s1. The van der Waals surface area contributed by atoms with E-state index in [0.29, 0.717) is 37.3 Å². The third-order valence-corrected chi connectivity index (χ3v) is 2.74. The number of amides is 1. The maximum absolute atomic E-state index is 11.8. The lowest BCUT2D eigenvalue weighted by Gasteiger charge is -2.12. The third-order valence-electron chi connectivity index (χ3n) is 2.74. The number of nitrogens with zero attached hydrogens (tertiary/aromatic N) is 1. The monoisotopic (exact) mass is 275 g/mol. The maximum atomic E-state index is 11.8. The molecule has 0 heterocycles. The lowest BCUT2D eigenvalue weighted by Crippen LogP contribution is -2.35. The molecule has 3 N–H and O–H groups in total. The van der Waals surface area contributed by atoms with E-state index < -0.39 is 6.04 Å². The van der Waals surface area contributed by atoms with Crippen LogP contribution >= 0.6 is 0 Å². The summed E-state index contributed by atoms with van der Waals surface area (Å²) in [4.78, 5) is 11.8. The van der Waals surface area contributed by atoms with Crippen LogP contribution in [-0.4, -0.2) is 18.6 Å². The number of carbonyl (C=O) groups excluding carboxylic acids is 1. The molecule has 1 aromatic carbocycles. The smallest absolute Gasteiger partial charge is 0.241 e. The molecule has 0 aliphatic heterocycles. The Morgan fingerprint density at radius 3 is 3.05 bits per heavy atom. The van der Waals surface area contributed by atoms with Gasteiger partial charge in [-0.1, -0.05) is 19.4 Å². The fourth-order valence-corrected chi connectivity index (χ4v) is 1.68. The summed E-state index contributed by atoms with van der Waals surface area (Å²) in [5, 5.41) is 11.2. The second-order valence-corrected chi connectivity index (χ2v) is 4.52. The second kappa shape index (κ2) is 8.94. The Bertz CT molecular complexity index is 468. The summed E-state index contributed by atoms with van der Waals surface area (Å²) in [7, 11) is 0. The molecule has 20 heavy (non-hydrogen) atoms. The van der Waals surface area contributed by atoms with E-state index in [9.17, 15) is 4.79 Å². The van der Waals surface area contributed by atoms with Crippen LogP contribution in [0.25, 0.3) is 0 Å². The van der Waals surface area contributed by atoms with E-state index >= 15 is 0 Å². The van der Waals surface area contributed by atoms with E-state index in [-0.39, 0.29) is 5.91 Å². The zero-order valence-corrected chi connectivity index (χ0v) is 11.8. The molecule has 1 rings (SSSR count). The normalized spacial score (nSPS) is 11.4. The highest BCUT2D eigenvalue weighted by molar-refractivity contribution is 5.94. The van der Waals surface area contributed by atoms with Crippen LogP contribution in [0.4, 0.5) is 5.69 Å². The lowest BCUT2D eigenvalue weighted by atomic mass is 10.1. The van der Waals surface area contributed by atoms with Crippen LogP contribution < -0.4 is 15.8 Å². The minimum absolute atomic E-state index is 0.187. The predicted octanol–water partition coefficient (Wildman–Crippen LogP) is 2.44. The summed E-state index contributed by atoms with van der Waals surface area (Å²) < 4.78 is 5.50. The highest BCUT2D eigenvalue weighted by atomic mass is 16.5. The summed E-state index contributed by atoms with van der Waals surface area (Å²) in [6.07, 6.45) is 2.70. The van der Waals surface area contributed by atoms with E-state index in [0.717, 1.165) is 6.42 Å². The lowest BCUT2D eigenvalue weighted by molar-refractivity contribution is -0.117. The van der Waals surface area contributed by atoms with Gasteiger partial charge in [-0.15, -0.1) is 0 Å². The molecule has 0 unspecified atom stereocenters. The highest BCUT2D eigenvalue weighted by Crippen LogP contribution is 2.18. The molecule has 0 spiro atoms. The van der Waals surface area contributed by atoms with Crippen molar-refractivity contribution in [3.8, 4) is 11.8 Å². The molecule has 0 aliphatic carbocycles. The summed E-state index contributed by atoms with van der Waals surface area (Å²) >= 11 is 0. The molecule has 1 amide bonds. The first-order chi connectivity index (χ1) is 9.67. The van der Waals surface area contributed by atoms with Crippen LogP contribution in [0.2, 0.25) is 0 Å². The molecule has 0 bridgehead atoms. The van der Waals surface area contributed by atoms with E-state index in [1.807, 2.05) is 13.0 Å². The van der Waals surface area contributed by atoms with Crippen molar-refractivity contribution in [3.63, 3.8) is 0 Å². The van der Waals surface area contributed by atoms with Crippen molar-refractivity contribution in [3.05, 3.63) is 24.3 Å². The molecule has 0 aromatic heterocycles. The molecule has 1 aromatic rings. The molecule has 0 fully saturated rings. The molecule has 0 aliphatic rings. The van der Waals surface area contributed by atoms with Gasteiger partial charge >= 0.3 is 0 Å². The van der Waals surface area contributed by atoms with Crippen LogP contribution in [0.1, 0.15) is 32.6 Å². The fraction of sp³-hybridized carbons (Fsp3) is 0.467. The van der Waals surface area contributed by atoms with Gasteiger partial charge in [0.05, 0.1) is 18.7 Å². The molecule has 108 valence electrons. The van der Waals surface area contributed by atoms with Gasteiger partial charge in [0.2, 0.25) is 5.91 Å².